The molecule has 0 saturated heterocycles. The summed E-state index contributed by atoms with van der Waals surface area (Å²) in [5, 5.41) is 13.7. The SMILES string of the molecule is CCOc1cc(/C=C(/C#N)C(=O)NC(N)=O)cc(Br)c1OCC(=O)Nc1ccccc1. The van der Waals surface area contributed by atoms with Crippen LogP contribution in [-0.4, -0.2) is 31.1 Å². The van der Waals surface area contributed by atoms with Crippen molar-refractivity contribution >= 4 is 45.5 Å². The number of benzene rings is 2. The van der Waals surface area contributed by atoms with Crippen LogP contribution in [0.2, 0.25) is 0 Å². The van der Waals surface area contributed by atoms with Crippen molar-refractivity contribution in [2.24, 2.45) is 5.73 Å². The van der Waals surface area contributed by atoms with Crippen molar-refractivity contribution in [2.45, 2.75) is 6.92 Å². The summed E-state index contributed by atoms with van der Waals surface area (Å²) in [7, 11) is 0. The number of hydrogen-bond donors (Lipinski definition) is 3. The van der Waals surface area contributed by atoms with Gasteiger partial charge in [0.1, 0.15) is 11.6 Å². The third kappa shape index (κ3) is 7.17. The zero-order valence-corrected chi connectivity index (χ0v) is 18.1. The average molecular weight is 487 g/mol. The van der Waals surface area contributed by atoms with Gasteiger partial charge in [-0.15, -0.1) is 0 Å². The second-order valence-corrected chi connectivity index (χ2v) is 6.81. The maximum Gasteiger partial charge on any atom is 0.319 e. The monoisotopic (exact) mass is 486 g/mol. The maximum absolute atomic E-state index is 12.2. The molecule has 0 saturated carbocycles. The highest BCUT2D eigenvalue weighted by Gasteiger charge is 2.16. The van der Waals surface area contributed by atoms with E-state index in [1.54, 1.807) is 43.3 Å². The number of hydrogen-bond acceptors (Lipinski definition) is 6. The number of carbonyl (C=O) groups is 3. The molecule has 9 nitrogen and oxygen atoms in total. The predicted molar refractivity (Wildman–Crippen MR) is 117 cm³/mol. The van der Waals surface area contributed by atoms with Gasteiger partial charge in [-0.3, -0.25) is 14.9 Å². The number of ether oxygens (including phenoxy) is 2. The molecule has 0 atom stereocenters. The van der Waals surface area contributed by atoms with E-state index in [2.05, 4.69) is 21.2 Å². The van der Waals surface area contributed by atoms with E-state index in [-0.39, 0.29) is 23.8 Å². The second kappa shape index (κ2) is 11.4. The van der Waals surface area contributed by atoms with E-state index in [0.717, 1.165) is 0 Å². The van der Waals surface area contributed by atoms with E-state index >= 15 is 0 Å². The third-order valence-electron chi connectivity index (χ3n) is 3.65. The third-order valence-corrected chi connectivity index (χ3v) is 4.24. The topological polar surface area (TPSA) is 144 Å². The Morgan fingerprint density at radius 3 is 2.52 bits per heavy atom. The highest BCUT2D eigenvalue weighted by Crippen LogP contribution is 2.37. The van der Waals surface area contributed by atoms with E-state index in [1.165, 1.54) is 12.1 Å². The number of imide groups is 1. The molecule has 0 spiro atoms. The van der Waals surface area contributed by atoms with Gasteiger partial charge in [0.2, 0.25) is 0 Å². The van der Waals surface area contributed by atoms with Gasteiger partial charge in [0.15, 0.2) is 18.1 Å². The largest absolute Gasteiger partial charge is 0.490 e. The molecule has 0 aliphatic carbocycles. The van der Waals surface area contributed by atoms with Crippen LogP contribution < -0.4 is 25.8 Å². The van der Waals surface area contributed by atoms with Gasteiger partial charge in [0.25, 0.3) is 11.8 Å². The molecule has 0 aliphatic heterocycles. The van der Waals surface area contributed by atoms with Crippen molar-refractivity contribution in [3.8, 4) is 17.6 Å². The molecule has 0 fully saturated rings. The predicted octanol–water partition coefficient (Wildman–Crippen LogP) is 2.97. The number of nitrogens with two attached hydrogens (primary N) is 1. The van der Waals surface area contributed by atoms with E-state index in [9.17, 15) is 19.6 Å². The number of urea groups is 1. The number of halogens is 1. The summed E-state index contributed by atoms with van der Waals surface area (Å²) in [6.45, 7) is 1.80. The van der Waals surface area contributed by atoms with Gasteiger partial charge >= 0.3 is 6.03 Å². The number of carbonyl (C=O) groups excluding carboxylic acids is 3. The van der Waals surface area contributed by atoms with Gasteiger partial charge in [-0.1, -0.05) is 18.2 Å². The van der Waals surface area contributed by atoms with Crippen molar-refractivity contribution in [2.75, 3.05) is 18.5 Å². The number of para-hydroxylation sites is 1. The molecule has 2 rings (SSSR count). The lowest BCUT2D eigenvalue weighted by atomic mass is 10.1. The Morgan fingerprint density at radius 2 is 1.90 bits per heavy atom. The van der Waals surface area contributed by atoms with E-state index in [4.69, 9.17) is 15.2 Å². The Kier molecular flexibility index (Phi) is 8.60. The number of rotatable bonds is 8. The van der Waals surface area contributed by atoms with Gasteiger partial charge in [-0.2, -0.15) is 5.26 Å². The number of nitrogens with one attached hydrogen (secondary N) is 2. The summed E-state index contributed by atoms with van der Waals surface area (Å²) in [5.74, 6) is -0.716. The lowest BCUT2D eigenvalue weighted by molar-refractivity contribution is -0.118. The molecular formula is C21H19BrN4O5. The molecule has 0 radical (unpaired) electrons. The minimum atomic E-state index is -1.07. The molecular weight excluding hydrogens is 468 g/mol. The van der Waals surface area contributed by atoms with Crippen molar-refractivity contribution in [1.82, 2.24) is 5.32 Å². The van der Waals surface area contributed by atoms with Crippen molar-refractivity contribution in [3.63, 3.8) is 0 Å². The smallest absolute Gasteiger partial charge is 0.319 e. The molecule has 31 heavy (non-hydrogen) atoms. The quantitative estimate of drug-likeness (QED) is 0.386. The molecule has 0 aromatic heterocycles. The minimum absolute atomic E-state index is 0.271. The normalized spacial score (nSPS) is 10.5. The summed E-state index contributed by atoms with van der Waals surface area (Å²) >= 11 is 3.35. The molecule has 0 bridgehead atoms. The Hall–Kier alpha value is -3.84. The van der Waals surface area contributed by atoms with Crippen LogP contribution >= 0.6 is 15.9 Å². The molecule has 4 amide bonds. The maximum atomic E-state index is 12.2. The molecule has 4 N–H and O–H groups in total. The summed E-state index contributed by atoms with van der Waals surface area (Å²) in [6.07, 6.45) is 1.26. The molecule has 160 valence electrons. The number of nitriles is 1. The summed E-state index contributed by atoms with van der Waals surface area (Å²) in [6, 6.07) is 12.7. The summed E-state index contributed by atoms with van der Waals surface area (Å²) in [5.41, 5.74) is 5.64. The Balaban J connectivity index is 2.22. The fraction of sp³-hybridized carbons (Fsp3) is 0.143. The molecule has 2 aromatic carbocycles. The first-order valence-corrected chi connectivity index (χ1v) is 9.80. The average Bonchev–Trinajstić information content (AvgIpc) is 2.71. The molecule has 0 unspecified atom stereocenters. The Bertz CT molecular complexity index is 1050. The molecule has 0 aliphatic rings. The van der Waals surface area contributed by atoms with Gasteiger partial charge in [0.05, 0.1) is 11.1 Å². The first-order chi connectivity index (χ1) is 14.8. The van der Waals surface area contributed by atoms with Crippen LogP contribution in [0, 0.1) is 11.3 Å². The standard InChI is InChI=1S/C21H19BrN4O5/c1-2-30-17-10-13(8-14(11-23)20(28)26-21(24)29)9-16(22)19(17)31-12-18(27)25-15-6-4-3-5-7-15/h3-10H,2,12H2,1H3,(H,25,27)(H3,24,26,28,29)/b14-8-. The number of primary amides is 1. The number of anilines is 1. The van der Waals surface area contributed by atoms with Crippen LogP contribution in [0.1, 0.15) is 12.5 Å². The van der Waals surface area contributed by atoms with E-state index < -0.39 is 11.9 Å². The first-order valence-electron chi connectivity index (χ1n) is 9.00. The summed E-state index contributed by atoms with van der Waals surface area (Å²) < 4.78 is 11.6. The van der Waals surface area contributed by atoms with Crippen molar-refractivity contribution in [3.05, 3.63) is 58.1 Å². The molecule has 10 heteroatoms. The highest BCUT2D eigenvalue weighted by molar-refractivity contribution is 9.10. The first kappa shape index (κ1) is 23.4. The Morgan fingerprint density at radius 1 is 1.19 bits per heavy atom. The zero-order chi connectivity index (χ0) is 22.8. The van der Waals surface area contributed by atoms with Gasteiger partial charge in [-0.25, -0.2) is 4.79 Å². The number of nitrogens with zero attached hydrogens (tertiary/aromatic N) is 1. The molecule has 0 heterocycles. The summed E-state index contributed by atoms with van der Waals surface area (Å²) in [4.78, 5) is 34.9. The highest BCUT2D eigenvalue weighted by atomic mass is 79.9. The fourth-order valence-electron chi connectivity index (χ4n) is 2.43. The van der Waals surface area contributed by atoms with Crippen LogP contribution in [0.3, 0.4) is 0 Å². The van der Waals surface area contributed by atoms with Crippen LogP contribution in [-0.2, 0) is 9.59 Å². The fourth-order valence-corrected chi connectivity index (χ4v) is 3.00. The van der Waals surface area contributed by atoms with Crippen LogP contribution in [0.25, 0.3) is 6.08 Å². The van der Waals surface area contributed by atoms with Gasteiger partial charge < -0.3 is 20.5 Å². The lowest BCUT2D eigenvalue weighted by Crippen LogP contribution is -2.35. The zero-order valence-electron chi connectivity index (χ0n) is 16.5. The van der Waals surface area contributed by atoms with Crippen molar-refractivity contribution in [1.29, 1.82) is 5.26 Å². The van der Waals surface area contributed by atoms with Crippen LogP contribution in [0.5, 0.6) is 11.5 Å². The Labute approximate surface area is 186 Å². The molecule has 2 aromatic rings. The lowest BCUT2D eigenvalue weighted by Gasteiger charge is -2.15. The minimum Gasteiger partial charge on any atom is -0.490 e. The second-order valence-electron chi connectivity index (χ2n) is 5.95. The van der Waals surface area contributed by atoms with Gasteiger partial charge in [-0.05, 0) is 58.8 Å². The van der Waals surface area contributed by atoms with Gasteiger partial charge in [0, 0.05) is 5.69 Å². The van der Waals surface area contributed by atoms with E-state index in [0.29, 0.717) is 28.1 Å². The van der Waals surface area contributed by atoms with Crippen LogP contribution in [0.15, 0.2) is 52.5 Å². The number of amides is 4. The van der Waals surface area contributed by atoms with E-state index in [1.807, 2.05) is 11.4 Å². The van der Waals surface area contributed by atoms with Crippen molar-refractivity contribution < 1.29 is 23.9 Å². The van der Waals surface area contributed by atoms with Crippen LogP contribution in [0.4, 0.5) is 10.5 Å².